The molecule has 7 nitrogen and oxygen atoms in total. The quantitative estimate of drug-likeness (QED) is 0.174. The van der Waals surface area contributed by atoms with Gasteiger partial charge in [-0.2, -0.15) is 0 Å². The fraction of sp³-hybridized carbons (Fsp3) is 0.952. The largest absolute Gasteiger partial charge is 1.00 e. The predicted octanol–water partition coefficient (Wildman–Crippen LogP) is 1.20. The fourth-order valence-electron chi connectivity index (χ4n) is 3.59. The summed E-state index contributed by atoms with van der Waals surface area (Å²) in [7, 11) is 2.22. The van der Waals surface area contributed by atoms with Gasteiger partial charge in [0.15, 0.2) is 0 Å². The van der Waals surface area contributed by atoms with Gasteiger partial charge in [-0.15, -0.1) is 0 Å². The van der Waals surface area contributed by atoms with Gasteiger partial charge in [0, 0.05) is 33.9 Å². The summed E-state index contributed by atoms with van der Waals surface area (Å²) < 4.78 is 22.7. The number of nitrogens with one attached hydrogen (secondary N) is 1. The lowest BCUT2D eigenvalue weighted by Crippen LogP contribution is -3.00. The van der Waals surface area contributed by atoms with Crippen LogP contribution in [0.15, 0.2) is 0 Å². The van der Waals surface area contributed by atoms with Gasteiger partial charge in [0.25, 0.3) is 0 Å². The summed E-state index contributed by atoms with van der Waals surface area (Å²) in [6.07, 6.45) is 7.67. The Morgan fingerprint density at radius 2 is 1.27 bits per heavy atom. The molecule has 0 aliphatic rings. The summed E-state index contributed by atoms with van der Waals surface area (Å²) in [6, 6.07) is 0.655. The number of nitrogens with zero attached hydrogens (tertiary/aromatic N) is 1. The van der Waals surface area contributed by atoms with Crippen LogP contribution >= 0.6 is 0 Å². The second-order valence-corrected chi connectivity index (χ2v) is 10.8. The maximum atomic E-state index is 12.1. The summed E-state index contributed by atoms with van der Waals surface area (Å²) in [5.41, 5.74) is 0. The number of rotatable bonds is 19. The third-order valence-electron chi connectivity index (χ3n) is 5.62. The van der Waals surface area contributed by atoms with Crippen molar-refractivity contribution in [1.29, 1.82) is 0 Å². The van der Waals surface area contributed by atoms with Gasteiger partial charge < -0.3 is 40.2 Å². The summed E-state index contributed by atoms with van der Waals surface area (Å²) in [5, 5.41) is 2.83. The average molecular weight is 471 g/mol. The molecule has 0 saturated carbocycles. The zero-order chi connectivity index (χ0) is 22.0. The lowest BCUT2D eigenvalue weighted by atomic mass is 10.1. The van der Waals surface area contributed by atoms with Crippen molar-refractivity contribution in [2.24, 2.45) is 0 Å². The van der Waals surface area contributed by atoms with Crippen LogP contribution in [0.2, 0.25) is 6.04 Å². The van der Waals surface area contributed by atoms with E-state index in [4.69, 9.17) is 18.0 Å². The highest BCUT2D eigenvalue weighted by atomic mass is 35.5. The van der Waals surface area contributed by atoms with Crippen molar-refractivity contribution in [1.82, 2.24) is 5.32 Å². The molecule has 0 aliphatic heterocycles. The van der Waals surface area contributed by atoms with E-state index in [2.05, 4.69) is 26.1 Å². The van der Waals surface area contributed by atoms with Crippen molar-refractivity contribution < 1.29 is 39.7 Å². The van der Waals surface area contributed by atoms with E-state index in [-0.39, 0.29) is 18.5 Å². The Morgan fingerprint density at radius 1 is 0.800 bits per heavy atom. The Bertz CT molecular complexity index is 385. The van der Waals surface area contributed by atoms with Gasteiger partial charge in [-0.25, -0.2) is 4.79 Å². The SMILES string of the molecule is CCCC[N+](CCCC)(CCCC)CCOC(=O)NCCC[Si](OC)(OC)OC.[Cl-]. The van der Waals surface area contributed by atoms with Crippen LogP contribution in [0.5, 0.6) is 0 Å². The van der Waals surface area contributed by atoms with E-state index in [0.717, 1.165) is 17.4 Å². The third-order valence-corrected chi connectivity index (χ3v) is 8.45. The summed E-state index contributed by atoms with van der Waals surface area (Å²) in [4.78, 5) is 12.1. The zero-order valence-corrected chi connectivity index (χ0v) is 22.0. The second-order valence-electron chi connectivity index (χ2n) is 7.76. The van der Waals surface area contributed by atoms with Crippen LogP contribution in [0.25, 0.3) is 0 Å². The molecule has 0 bridgehead atoms. The van der Waals surface area contributed by atoms with E-state index >= 15 is 0 Å². The fourth-order valence-corrected chi connectivity index (χ4v) is 5.31. The van der Waals surface area contributed by atoms with E-state index in [1.165, 1.54) is 58.2 Å². The monoisotopic (exact) mass is 470 g/mol. The normalized spacial score (nSPS) is 11.8. The molecule has 0 saturated heterocycles. The van der Waals surface area contributed by atoms with Crippen LogP contribution in [0, 0.1) is 0 Å². The molecule has 1 N–H and O–H groups in total. The van der Waals surface area contributed by atoms with Crippen molar-refractivity contribution >= 4 is 14.9 Å². The first-order chi connectivity index (χ1) is 14.0. The lowest BCUT2D eigenvalue weighted by Gasteiger charge is -2.39. The first-order valence-electron chi connectivity index (χ1n) is 11.4. The Labute approximate surface area is 192 Å². The Morgan fingerprint density at radius 3 is 1.67 bits per heavy atom. The number of ether oxygens (including phenoxy) is 1. The molecule has 0 aromatic heterocycles. The van der Waals surface area contributed by atoms with Gasteiger partial charge in [-0.05, 0) is 25.7 Å². The minimum absolute atomic E-state index is 0. The smallest absolute Gasteiger partial charge is 0.500 e. The van der Waals surface area contributed by atoms with E-state index in [1.807, 2.05) is 0 Å². The number of hydrogen-bond donors (Lipinski definition) is 1. The molecular formula is C21H47ClN2O5Si. The zero-order valence-electron chi connectivity index (χ0n) is 20.3. The molecular weight excluding hydrogens is 424 g/mol. The number of hydrogen-bond acceptors (Lipinski definition) is 5. The van der Waals surface area contributed by atoms with Crippen molar-refractivity contribution in [2.45, 2.75) is 71.8 Å². The number of halogens is 1. The van der Waals surface area contributed by atoms with Crippen LogP contribution < -0.4 is 17.7 Å². The highest BCUT2D eigenvalue weighted by Crippen LogP contribution is 2.15. The Kier molecular flexibility index (Phi) is 20.5. The van der Waals surface area contributed by atoms with E-state index in [1.54, 1.807) is 21.3 Å². The van der Waals surface area contributed by atoms with Crippen molar-refractivity contribution in [2.75, 3.05) is 60.7 Å². The molecule has 9 heteroatoms. The Hall–Kier alpha value is -0.383. The maximum absolute atomic E-state index is 12.1. The van der Waals surface area contributed by atoms with E-state index in [9.17, 15) is 4.79 Å². The van der Waals surface area contributed by atoms with Crippen LogP contribution in [0.3, 0.4) is 0 Å². The molecule has 1 amide bonds. The number of carbonyl (C=O) groups excluding carboxylic acids is 1. The van der Waals surface area contributed by atoms with Gasteiger partial charge in [0.1, 0.15) is 13.2 Å². The van der Waals surface area contributed by atoms with Crippen LogP contribution in [0.4, 0.5) is 4.79 Å². The topological polar surface area (TPSA) is 66.0 Å². The molecule has 0 radical (unpaired) electrons. The Balaban J connectivity index is 0. The van der Waals surface area contributed by atoms with Crippen LogP contribution in [-0.2, 0) is 18.0 Å². The van der Waals surface area contributed by atoms with Crippen molar-refractivity contribution in [3.05, 3.63) is 0 Å². The average Bonchev–Trinajstić information content (AvgIpc) is 2.75. The molecule has 0 aromatic rings. The minimum atomic E-state index is -2.57. The molecule has 0 unspecified atom stereocenters. The highest BCUT2D eigenvalue weighted by Gasteiger charge is 2.36. The molecule has 0 fully saturated rings. The van der Waals surface area contributed by atoms with E-state index in [0.29, 0.717) is 19.2 Å². The maximum Gasteiger partial charge on any atom is 0.500 e. The molecule has 0 heterocycles. The molecule has 0 rings (SSSR count). The predicted molar refractivity (Wildman–Crippen MR) is 120 cm³/mol. The molecule has 0 aliphatic carbocycles. The molecule has 0 spiro atoms. The summed E-state index contributed by atoms with van der Waals surface area (Å²) >= 11 is 0. The number of quaternary nitrogens is 1. The number of amides is 1. The molecule has 0 aromatic carbocycles. The first kappa shape index (κ1) is 31.8. The van der Waals surface area contributed by atoms with Gasteiger partial charge in [-0.1, -0.05) is 40.0 Å². The lowest BCUT2D eigenvalue weighted by molar-refractivity contribution is -0.929. The van der Waals surface area contributed by atoms with Crippen molar-refractivity contribution in [3.8, 4) is 0 Å². The number of carbonyl (C=O) groups is 1. The minimum Gasteiger partial charge on any atom is -1.00 e. The molecule has 30 heavy (non-hydrogen) atoms. The highest BCUT2D eigenvalue weighted by molar-refractivity contribution is 6.60. The van der Waals surface area contributed by atoms with Gasteiger partial charge in [-0.3, -0.25) is 0 Å². The van der Waals surface area contributed by atoms with Crippen molar-refractivity contribution in [3.63, 3.8) is 0 Å². The second kappa shape index (κ2) is 19.3. The van der Waals surface area contributed by atoms with Gasteiger partial charge in [0.2, 0.25) is 0 Å². The summed E-state index contributed by atoms with van der Waals surface area (Å²) in [5.74, 6) is 0. The first-order valence-corrected chi connectivity index (χ1v) is 13.3. The van der Waals surface area contributed by atoms with E-state index < -0.39 is 8.80 Å². The number of alkyl carbamates (subject to hydrolysis) is 1. The summed E-state index contributed by atoms with van der Waals surface area (Å²) in [6.45, 7) is 12.2. The number of unbranched alkanes of at least 4 members (excludes halogenated alkanes) is 3. The van der Waals surface area contributed by atoms with Gasteiger partial charge in [0.05, 0.1) is 19.6 Å². The molecule has 0 atom stereocenters. The van der Waals surface area contributed by atoms with Gasteiger partial charge >= 0.3 is 14.9 Å². The standard InChI is InChI=1S/C21H46N2O5Si.ClH/c1-7-10-15-23(16-11-8-2,17-12-9-3)18-19-28-21(24)22-14-13-20-29(25-4,26-5)27-6;/h7-20H2,1-6H3;1H. The third kappa shape index (κ3) is 13.1. The van der Waals surface area contributed by atoms with Crippen LogP contribution in [0.1, 0.15) is 65.7 Å². The van der Waals surface area contributed by atoms with Crippen LogP contribution in [-0.4, -0.2) is 80.0 Å². The molecule has 182 valence electrons.